The normalized spacial score (nSPS) is 20.3. The second-order valence-electron chi connectivity index (χ2n) is 8.79. The van der Waals surface area contributed by atoms with Gasteiger partial charge in [0.05, 0.1) is 6.04 Å². The number of nitrogens with one attached hydrogen (secondary N) is 1. The monoisotopic (exact) mass is 389 g/mol. The Balaban J connectivity index is 1.81. The third-order valence-corrected chi connectivity index (χ3v) is 6.01. The lowest BCUT2D eigenvalue weighted by atomic mass is 9.68. The van der Waals surface area contributed by atoms with E-state index < -0.39 is 17.7 Å². The lowest BCUT2D eigenvalue weighted by molar-refractivity contribution is -0.118. The Labute approximate surface area is 168 Å². The van der Waals surface area contributed by atoms with Crippen molar-refractivity contribution in [1.29, 1.82) is 0 Å². The second kappa shape index (κ2) is 6.24. The van der Waals surface area contributed by atoms with Gasteiger partial charge in [-0.05, 0) is 40.3 Å². The first-order valence-corrected chi connectivity index (χ1v) is 9.84. The van der Waals surface area contributed by atoms with Crippen LogP contribution in [0.4, 0.5) is 14.5 Å². The molecule has 1 aliphatic carbocycles. The number of rotatable bonds is 1. The minimum atomic E-state index is -0.642. The van der Waals surface area contributed by atoms with Crippen LogP contribution in [-0.4, -0.2) is 5.78 Å². The maximum absolute atomic E-state index is 14.7. The van der Waals surface area contributed by atoms with Gasteiger partial charge >= 0.3 is 0 Å². The molecule has 3 aromatic carbocycles. The van der Waals surface area contributed by atoms with Crippen molar-refractivity contribution in [2.45, 2.75) is 32.7 Å². The van der Waals surface area contributed by atoms with Crippen LogP contribution in [-0.2, 0) is 4.79 Å². The molecule has 146 valence electrons. The van der Waals surface area contributed by atoms with Gasteiger partial charge in [0.15, 0.2) is 5.78 Å². The first-order valence-electron chi connectivity index (χ1n) is 9.84. The molecule has 5 rings (SSSR count). The van der Waals surface area contributed by atoms with Gasteiger partial charge in [0.2, 0.25) is 0 Å². The lowest BCUT2D eigenvalue weighted by Gasteiger charge is -2.40. The Kier molecular flexibility index (Phi) is 3.89. The predicted molar refractivity (Wildman–Crippen MR) is 112 cm³/mol. The summed E-state index contributed by atoms with van der Waals surface area (Å²) in [6.07, 6.45) is 1.14. The van der Waals surface area contributed by atoms with Crippen molar-refractivity contribution in [3.8, 4) is 0 Å². The molecule has 0 saturated carbocycles. The summed E-state index contributed by atoms with van der Waals surface area (Å²) in [4.78, 5) is 13.3. The summed E-state index contributed by atoms with van der Waals surface area (Å²) in [5.41, 5.74) is 3.61. The largest absolute Gasteiger partial charge is 0.373 e. The van der Waals surface area contributed by atoms with Crippen LogP contribution in [0.5, 0.6) is 0 Å². The molecule has 1 heterocycles. The smallest absolute Gasteiger partial charge is 0.162 e. The topological polar surface area (TPSA) is 29.1 Å². The molecule has 29 heavy (non-hydrogen) atoms. The van der Waals surface area contributed by atoms with Crippen LogP contribution in [0, 0.1) is 17.0 Å². The zero-order valence-electron chi connectivity index (χ0n) is 16.4. The number of benzene rings is 3. The summed E-state index contributed by atoms with van der Waals surface area (Å²) in [6.45, 7) is 4.18. The van der Waals surface area contributed by atoms with E-state index in [1.807, 2.05) is 24.3 Å². The van der Waals surface area contributed by atoms with E-state index in [2.05, 4.69) is 31.3 Å². The summed E-state index contributed by atoms with van der Waals surface area (Å²) in [7, 11) is 0. The van der Waals surface area contributed by atoms with Gasteiger partial charge in [-0.3, -0.25) is 4.79 Å². The average Bonchev–Trinajstić information content (AvgIpc) is 2.66. The second-order valence-corrected chi connectivity index (χ2v) is 8.79. The van der Waals surface area contributed by atoms with Gasteiger partial charge in [-0.2, -0.15) is 0 Å². The van der Waals surface area contributed by atoms with Crippen molar-refractivity contribution in [2.24, 2.45) is 5.41 Å². The third kappa shape index (κ3) is 2.86. The Morgan fingerprint density at radius 2 is 1.79 bits per heavy atom. The van der Waals surface area contributed by atoms with Gasteiger partial charge in [-0.25, -0.2) is 8.78 Å². The van der Waals surface area contributed by atoms with Crippen LogP contribution in [0.1, 0.15) is 43.9 Å². The average molecular weight is 389 g/mol. The number of allylic oxidation sites excluding steroid dienone is 1. The number of hydrogen-bond donors (Lipinski definition) is 1. The highest BCUT2D eigenvalue weighted by Gasteiger charge is 2.41. The van der Waals surface area contributed by atoms with Gasteiger partial charge in [0.1, 0.15) is 11.6 Å². The van der Waals surface area contributed by atoms with Gasteiger partial charge in [-0.15, -0.1) is 0 Å². The molecule has 0 fully saturated rings. The minimum absolute atomic E-state index is 0.0241. The molecule has 0 unspecified atom stereocenters. The van der Waals surface area contributed by atoms with Crippen LogP contribution in [0.25, 0.3) is 16.3 Å². The molecule has 0 amide bonds. The molecular weight excluding hydrogens is 368 g/mol. The zero-order chi connectivity index (χ0) is 20.3. The SMILES string of the molecule is CC1(C)CC(=O)C2=C(C1)c1c(ccc3ccccc13)N[C@@H]2c1ccc(F)cc1F. The van der Waals surface area contributed by atoms with E-state index in [1.54, 1.807) is 0 Å². The van der Waals surface area contributed by atoms with E-state index >= 15 is 0 Å². The Morgan fingerprint density at radius 3 is 2.59 bits per heavy atom. The van der Waals surface area contributed by atoms with Crippen molar-refractivity contribution >= 4 is 27.8 Å². The van der Waals surface area contributed by atoms with E-state index in [0.717, 1.165) is 40.1 Å². The highest BCUT2D eigenvalue weighted by Crippen LogP contribution is 2.52. The molecule has 1 atom stereocenters. The van der Waals surface area contributed by atoms with Crippen molar-refractivity contribution in [2.75, 3.05) is 5.32 Å². The van der Waals surface area contributed by atoms with Crippen LogP contribution < -0.4 is 5.32 Å². The van der Waals surface area contributed by atoms with Crippen molar-refractivity contribution in [1.82, 2.24) is 0 Å². The van der Waals surface area contributed by atoms with E-state index in [9.17, 15) is 13.6 Å². The standard InChI is InChI=1S/C25H21F2NO/c1-25(2)12-18-22-16-6-4-3-5-14(16)7-10-20(22)28-24(23(18)21(29)13-25)17-9-8-15(26)11-19(17)27/h3-11,24,28H,12-13H2,1-2H3/t24-/m1/s1. The fraction of sp³-hybridized carbons (Fsp3) is 0.240. The Morgan fingerprint density at radius 1 is 1.00 bits per heavy atom. The molecule has 2 nitrogen and oxygen atoms in total. The molecule has 1 N–H and O–H groups in total. The number of halogens is 2. The zero-order valence-corrected chi connectivity index (χ0v) is 16.4. The fourth-order valence-electron chi connectivity index (χ4n) is 4.81. The first kappa shape index (κ1) is 18.0. The number of hydrogen-bond acceptors (Lipinski definition) is 2. The highest BCUT2D eigenvalue weighted by molar-refractivity contribution is 6.12. The summed E-state index contributed by atoms with van der Waals surface area (Å²) in [5.74, 6) is -1.24. The molecule has 3 aromatic rings. The van der Waals surface area contributed by atoms with Crippen LogP contribution in [0.3, 0.4) is 0 Å². The van der Waals surface area contributed by atoms with E-state index in [4.69, 9.17) is 0 Å². The molecule has 4 heteroatoms. The number of anilines is 1. The number of carbonyl (C=O) groups excluding carboxylic acids is 1. The first-order chi connectivity index (χ1) is 13.8. The Bertz CT molecular complexity index is 1210. The molecule has 1 aliphatic heterocycles. The summed E-state index contributed by atoms with van der Waals surface area (Å²) in [6, 6.07) is 15.1. The van der Waals surface area contributed by atoms with E-state index in [-0.39, 0.29) is 11.2 Å². The molecular formula is C25H21F2NO. The minimum Gasteiger partial charge on any atom is -0.373 e. The molecule has 0 aromatic heterocycles. The maximum atomic E-state index is 14.7. The summed E-state index contributed by atoms with van der Waals surface area (Å²) in [5, 5.41) is 5.56. The molecule has 0 saturated heterocycles. The molecule has 0 spiro atoms. The summed E-state index contributed by atoms with van der Waals surface area (Å²) >= 11 is 0. The quantitative estimate of drug-likeness (QED) is 0.520. The van der Waals surface area contributed by atoms with E-state index in [0.29, 0.717) is 17.6 Å². The Hall–Kier alpha value is -3.01. The lowest BCUT2D eigenvalue weighted by Crippen LogP contribution is -2.33. The van der Waals surface area contributed by atoms with Crippen molar-refractivity contribution < 1.29 is 13.6 Å². The van der Waals surface area contributed by atoms with Crippen molar-refractivity contribution in [3.63, 3.8) is 0 Å². The van der Waals surface area contributed by atoms with Gasteiger partial charge in [0, 0.05) is 34.9 Å². The number of fused-ring (bicyclic) bond motifs is 4. The third-order valence-electron chi connectivity index (χ3n) is 6.01. The fourth-order valence-corrected chi connectivity index (χ4v) is 4.81. The molecule has 0 bridgehead atoms. The van der Waals surface area contributed by atoms with Crippen molar-refractivity contribution in [3.05, 3.63) is 82.9 Å². The number of ketones is 1. The van der Waals surface area contributed by atoms with Crippen LogP contribution >= 0.6 is 0 Å². The highest BCUT2D eigenvalue weighted by atomic mass is 19.1. The van der Waals surface area contributed by atoms with Gasteiger partial charge in [-0.1, -0.05) is 50.2 Å². The molecule has 2 aliphatic rings. The van der Waals surface area contributed by atoms with Gasteiger partial charge < -0.3 is 5.32 Å². The molecule has 0 radical (unpaired) electrons. The maximum Gasteiger partial charge on any atom is 0.162 e. The number of Topliss-reactive ketones (excluding diaryl/α,β-unsaturated/α-hetero) is 1. The van der Waals surface area contributed by atoms with Gasteiger partial charge in [0.25, 0.3) is 0 Å². The summed E-state index contributed by atoms with van der Waals surface area (Å²) < 4.78 is 28.2. The van der Waals surface area contributed by atoms with E-state index in [1.165, 1.54) is 12.1 Å². The number of carbonyl (C=O) groups is 1. The van der Waals surface area contributed by atoms with Crippen LogP contribution in [0.2, 0.25) is 0 Å². The predicted octanol–water partition coefficient (Wildman–Crippen LogP) is 6.43. The van der Waals surface area contributed by atoms with Crippen LogP contribution in [0.15, 0.2) is 60.2 Å².